The van der Waals surface area contributed by atoms with Crippen LogP contribution >= 0.6 is 23.4 Å². The number of nitrogens with zero attached hydrogens (tertiary/aromatic N) is 1. The summed E-state index contributed by atoms with van der Waals surface area (Å²) >= 11 is 7.52. The van der Waals surface area contributed by atoms with Gasteiger partial charge in [-0.05, 0) is 18.6 Å². The maximum atomic E-state index is 10.8. The van der Waals surface area contributed by atoms with Gasteiger partial charge in [0.15, 0.2) is 0 Å². The molecule has 0 unspecified atom stereocenters. The summed E-state index contributed by atoms with van der Waals surface area (Å²) in [6.07, 6.45) is 1.33. The molecule has 0 saturated heterocycles. The highest BCUT2D eigenvalue weighted by molar-refractivity contribution is 7.98. The molecule has 0 aliphatic rings. The number of benzene rings is 1. The number of pyridine rings is 1. The summed E-state index contributed by atoms with van der Waals surface area (Å²) in [5.41, 5.74) is 2.49. The molecule has 2 rings (SSSR count). The lowest BCUT2D eigenvalue weighted by atomic mass is 10.2. The molecule has 98 valence electrons. The van der Waals surface area contributed by atoms with Crippen molar-refractivity contribution < 1.29 is 9.90 Å². The van der Waals surface area contributed by atoms with E-state index in [-0.39, 0.29) is 5.56 Å². The number of aryl methyl sites for hydroxylation is 1. The lowest BCUT2D eigenvalue weighted by molar-refractivity contribution is 0.0696. The van der Waals surface area contributed by atoms with Crippen molar-refractivity contribution in [2.45, 2.75) is 17.7 Å². The van der Waals surface area contributed by atoms with Gasteiger partial charge in [0.2, 0.25) is 0 Å². The average Bonchev–Trinajstić information content (AvgIpc) is 2.37. The van der Waals surface area contributed by atoms with Crippen LogP contribution in [0.5, 0.6) is 0 Å². The predicted molar refractivity (Wildman–Crippen MR) is 76.9 cm³/mol. The van der Waals surface area contributed by atoms with Crippen LogP contribution in [0.1, 0.15) is 21.5 Å². The van der Waals surface area contributed by atoms with Crippen molar-refractivity contribution in [2.24, 2.45) is 0 Å². The largest absolute Gasteiger partial charge is 0.478 e. The third-order valence-corrected chi connectivity index (χ3v) is 3.99. The van der Waals surface area contributed by atoms with Crippen molar-refractivity contribution in [1.82, 2.24) is 4.98 Å². The van der Waals surface area contributed by atoms with E-state index in [4.69, 9.17) is 16.7 Å². The summed E-state index contributed by atoms with van der Waals surface area (Å²) in [6, 6.07) is 9.62. The summed E-state index contributed by atoms with van der Waals surface area (Å²) in [5.74, 6) is -0.273. The molecule has 0 atom stereocenters. The van der Waals surface area contributed by atoms with Gasteiger partial charge in [0.25, 0.3) is 0 Å². The van der Waals surface area contributed by atoms with Crippen molar-refractivity contribution in [1.29, 1.82) is 0 Å². The fourth-order valence-electron chi connectivity index (χ4n) is 1.60. The van der Waals surface area contributed by atoms with Gasteiger partial charge >= 0.3 is 5.97 Å². The summed E-state index contributed by atoms with van der Waals surface area (Å²) < 4.78 is 0. The summed E-state index contributed by atoms with van der Waals surface area (Å²) in [4.78, 5) is 14.9. The highest BCUT2D eigenvalue weighted by atomic mass is 35.5. The molecule has 0 aliphatic carbocycles. The molecule has 0 spiro atoms. The van der Waals surface area contributed by atoms with Gasteiger partial charge in [-0.2, -0.15) is 0 Å². The maximum absolute atomic E-state index is 10.8. The van der Waals surface area contributed by atoms with Crippen LogP contribution in [0, 0.1) is 6.92 Å². The Morgan fingerprint density at radius 2 is 2.21 bits per heavy atom. The van der Waals surface area contributed by atoms with E-state index in [1.165, 1.54) is 35.2 Å². The van der Waals surface area contributed by atoms with Gasteiger partial charge < -0.3 is 5.11 Å². The van der Waals surface area contributed by atoms with E-state index >= 15 is 0 Å². The van der Waals surface area contributed by atoms with Crippen LogP contribution in [0.15, 0.2) is 41.6 Å². The lowest BCUT2D eigenvalue weighted by Gasteiger charge is -2.05. The molecule has 5 heteroatoms. The number of carbonyl (C=O) groups is 1. The molecule has 0 aliphatic heterocycles. The van der Waals surface area contributed by atoms with Crippen molar-refractivity contribution in [2.75, 3.05) is 0 Å². The molecule has 0 fully saturated rings. The Hall–Kier alpha value is -1.52. The molecule has 0 saturated carbocycles. The van der Waals surface area contributed by atoms with Crippen molar-refractivity contribution >= 4 is 29.3 Å². The molecule has 0 bridgehead atoms. The van der Waals surface area contributed by atoms with Crippen LogP contribution in [0.25, 0.3) is 0 Å². The van der Waals surface area contributed by atoms with Gasteiger partial charge in [-0.25, -0.2) is 9.78 Å². The smallest absolute Gasteiger partial charge is 0.337 e. The number of carboxylic acid groups (broad SMARTS) is 1. The van der Waals surface area contributed by atoms with Crippen LogP contribution in [0.2, 0.25) is 5.02 Å². The van der Waals surface area contributed by atoms with Crippen molar-refractivity contribution in [3.05, 3.63) is 58.2 Å². The first-order valence-corrected chi connectivity index (χ1v) is 7.00. The third-order valence-electron chi connectivity index (χ3n) is 2.51. The van der Waals surface area contributed by atoms with E-state index in [0.29, 0.717) is 10.0 Å². The maximum Gasteiger partial charge on any atom is 0.337 e. The van der Waals surface area contributed by atoms with E-state index < -0.39 is 5.97 Å². The van der Waals surface area contributed by atoms with Crippen LogP contribution in [0.3, 0.4) is 0 Å². The fourth-order valence-corrected chi connectivity index (χ4v) is 2.74. The monoisotopic (exact) mass is 293 g/mol. The van der Waals surface area contributed by atoms with Gasteiger partial charge in [-0.15, -0.1) is 11.8 Å². The Labute approximate surface area is 120 Å². The van der Waals surface area contributed by atoms with Crippen LogP contribution in [-0.2, 0) is 5.75 Å². The minimum atomic E-state index is -1.02. The topological polar surface area (TPSA) is 50.2 Å². The minimum absolute atomic E-state index is 0.102. The highest BCUT2D eigenvalue weighted by Crippen LogP contribution is 2.28. The quantitative estimate of drug-likeness (QED) is 0.865. The number of rotatable bonds is 4. The molecular formula is C14H12ClNO2S. The second-order valence-electron chi connectivity index (χ2n) is 4.09. The second-order valence-corrected chi connectivity index (χ2v) is 5.47. The fraction of sp³-hybridized carbons (Fsp3) is 0.143. The summed E-state index contributed by atoms with van der Waals surface area (Å²) in [6.45, 7) is 2.04. The van der Waals surface area contributed by atoms with E-state index in [2.05, 4.69) is 11.1 Å². The molecule has 0 radical (unpaired) electrons. The molecule has 1 aromatic heterocycles. The Kier molecular flexibility index (Phi) is 4.45. The number of aromatic carboxylic acids is 1. The zero-order chi connectivity index (χ0) is 13.8. The predicted octanol–water partition coefficient (Wildman–Crippen LogP) is 4.03. The van der Waals surface area contributed by atoms with E-state index in [0.717, 1.165) is 5.75 Å². The van der Waals surface area contributed by atoms with Gasteiger partial charge in [0.1, 0.15) is 5.03 Å². The summed E-state index contributed by atoms with van der Waals surface area (Å²) in [7, 11) is 0. The van der Waals surface area contributed by atoms with Gasteiger partial charge in [0.05, 0.1) is 10.6 Å². The van der Waals surface area contributed by atoms with E-state index in [1.807, 2.05) is 25.1 Å². The zero-order valence-electron chi connectivity index (χ0n) is 10.3. The molecule has 1 N–H and O–H groups in total. The summed E-state index contributed by atoms with van der Waals surface area (Å²) in [5, 5.41) is 9.85. The Morgan fingerprint density at radius 3 is 2.84 bits per heavy atom. The Bertz CT molecular complexity index is 616. The van der Waals surface area contributed by atoms with Crippen LogP contribution < -0.4 is 0 Å². The first-order chi connectivity index (χ1) is 9.06. The molecule has 2 aromatic rings. The van der Waals surface area contributed by atoms with Crippen molar-refractivity contribution in [3.63, 3.8) is 0 Å². The molecule has 3 nitrogen and oxygen atoms in total. The van der Waals surface area contributed by atoms with Gasteiger partial charge in [0, 0.05) is 11.9 Å². The number of carboxylic acids is 1. The number of thioether (sulfide) groups is 1. The first-order valence-electron chi connectivity index (χ1n) is 5.63. The minimum Gasteiger partial charge on any atom is -0.478 e. The number of aromatic nitrogens is 1. The molecule has 0 amide bonds. The Morgan fingerprint density at radius 1 is 1.42 bits per heavy atom. The number of hydrogen-bond acceptors (Lipinski definition) is 3. The molecule has 19 heavy (non-hydrogen) atoms. The van der Waals surface area contributed by atoms with Crippen molar-refractivity contribution in [3.8, 4) is 0 Å². The first kappa shape index (κ1) is 13.9. The average molecular weight is 294 g/mol. The van der Waals surface area contributed by atoms with Crippen LogP contribution in [0.4, 0.5) is 0 Å². The standard InChI is InChI=1S/C14H12ClNO2S/c1-9-3-2-4-10(5-9)8-19-13-12(15)6-11(7-16-13)14(17)18/h2-7H,8H2,1H3,(H,17,18). The van der Waals surface area contributed by atoms with Gasteiger partial charge in [-0.3, -0.25) is 0 Å². The second kappa shape index (κ2) is 6.08. The molecule has 1 aromatic carbocycles. The molecular weight excluding hydrogens is 282 g/mol. The van der Waals surface area contributed by atoms with Gasteiger partial charge in [-0.1, -0.05) is 41.4 Å². The molecule has 1 heterocycles. The van der Waals surface area contributed by atoms with Crippen LogP contribution in [-0.4, -0.2) is 16.1 Å². The van der Waals surface area contributed by atoms with E-state index in [9.17, 15) is 4.79 Å². The third kappa shape index (κ3) is 3.72. The van der Waals surface area contributed by atoms with E-state index in [1.54, 1.807) is 0 Å². The normalized spacial score (nSPS) is 10.4. The Balaban J connectivity index is 2.10. The SMILES string of the molecule is Cc1cccc(CSc2ncc(C(=O)O)cc2Cl)c1. The number of hydrogen-bond donors (Lipinski definition) is 1. The highest BCUT2D eigenvalue weighted by Gasteiger charge is 2.09. The number of halogens is 1. The lowest BCUT2D eigenvalue weighted by Crippen LogP contribution is -1.97. The zero-order valence-corrected chi connectivity index (χ0v) is 11.8.